The van der Waals surface area contributed by atoms with E-state index >= 15 is 0 Å². The Kier molecular flexibility index (Phi) is 6.69. The number of aromatic nitrogens is 1. The molecule has 0 bridgehead atoms. The fourth-order valence-corrected chi connectivity index (χ4v) is 2.18. The van der Waals surface area contributed by atoms with Crippen LogP contribution >= 0.6 is 0 Å². The molecule has 2 N–H and O–H groups in total. The van der Waals surface area contributed by atoms with Crippen molar-refractivity contribution >= 4 is 10.9 Å². The third-order valence-corrected chi connectivity index (χ3v) is 3.35. The van der Waals surface area contributed by atoms with Gasteiger partial charge in [-0.1, -0.05) is 12.1 Å². The van der Waals surface area contributed by atoms with E-state index in [1.807, 2.05) is 0 Å². The Balaban J connectivity index is 1.73. The number of rotatable bonds is 10. The van der Waals surface area contributed by atoms with Crippen LogP contribution < -0.4 is 5.73 Å². The molecule has 0 saturated carbocycles. The van der Waals surface area contributed by atoms with Crippen LogP contribution in [0, 0.1) is 0 Å². The Morgan fingerprint density at radius 2 is 1.76 bits per heavy atom. The van der Waals surface area contributed by atoms with Gasteiger partial charge in [-0.05, 0) is 23.1 Å². The van der Waals surface area contributed by atoms with Gasteiger partial charge < -0.3 is 24.5 Å². The average molecular weight is 292 g/mol. The summed E-state index contributed by atoms with van der Waals surface area (Å²) in [6.07, 6.45) is 2.09. The summed E-state index contributed by atoms with van der Waals surface area (Å²) in [5, 5.41) is 1.23. The van der Waals surface area contributed by atoms with Gasteiger partial charge in [0.15, 0.2) is 0 Å². The fraction of sp³-hybridized carbons (Fsp3) is 0.500. The highest BCUT2D eigenvalue weighted by Crippen LogP contribution is 2.17. The van der Waals surface area contributed by atoms with E-state index in [1.165, 1.54) is 10.9 Å². The van der Waals surface area contributed by atoms with Gasteiger partial charge in [0.1, 0.15) is 0 Å². The van der Waals surface area contributed by atoms with Crippen molar-refractivity contribution < 1.29 is 14.2 Å². The maximum absolute atomic E-state index is 5.69. The lowest BCUT2D eigenvalue weighted by atomic mass is 10.2. The lowest BCUT2D eigenvalue weighted by Gasteiger charge is -2.08. The SMILES string of the molecule is COCCOCCOCCn1ccc2ccc(CN)cc21. The number of nitrogens with two attached hydrogens (primary N) is 1. The summed E-state index contributed by atoms with van der Waals surface area (Å²) < 4.78 is 18.0. The molecule has 1 heterocycles. The van der Waals surface area contributed by atoms with E-state index in [4.69, 9.17) is 19.9 Å². The van der Waals surface area contributed by atoms with Gasteiger partial charge >= 0.3 is 0 Å². The predicted molar refractivity (Wildman–Crippen MR) is 83.3 cm³/mol. The molecule has 2 rings (SSSR count). The second-order valence-electron chi connectivity index (χ2n) is 4.82. The number of hydrogen-bond acceptors (Lipinski definition) is 4. The molecule has 0 aliphatic heterocycles. The summed E-state index contributed by atoms with van der Waals surface area (Å²) in [5.41, 5.74) is 8.05. The van der Waals surface area contributed by atoms with Crippen molar-refractivity contribution in [2.75, 3.05) is 40.1 Å². The summed E-state index contributed by atoms with van der Waals surface area (Å²) in [6, 6.07) is 8.44. The number of benzene rings is 1. The van der Waals surface area contributed by atoms with Crippen molar-refractivity contribution in [3.8, 4) is 0 Å². The van der Waals surface area contributed by atoms with E-state index in [1.54, 1.807) is 7.11 Å². The molecule has 0 spiro atoms. The second-order valence-corrected chi connectivity index (χ2v) is 4.82. The molecule has 0 amide bonds. The molecule has 1 aromatic heterocycles. The van der Waals surface area contributed by atoms with Crippen molar-refractivity contribution in [2.24, 2.45) is 5.73 Å². The van der Waals surface area contributed by atoms with Gasteiger partial charge in [0.25, 0.3) is 0 Å². The number of nitrogens with zero attached hydrogens (tertiary/aromatic N) is 1. The van der Waals surface area contributed by atoms with Crippen LogP contribution in [-0.4, -0.2) is 44.7 Å². The molecule has 116 valence electrons. The lowest BCUT2D eigenvalue weighted by Crippen LogP contribution is -2.11. The first-order valence-electron chi connectivity index (χ1n) is 7.27. The Morgan fingerprint density at radius 3 is 2.52 bits per heavy atom. The van der Waals surface area contributed by atoms with Crippen LogP contribution in [0.15, 0.2) is 30.5 Å². The van der Waals surface area contributed by atoms with Crippen LogP contribution in [-0.2, 0) is 27.3 Å². The standard InChI is InChI=1S/C16H24N2O3/c1-19-8-9-21-11-10-20-7-6-18-5-4-15-3-2-14(13-17)12-16(15)18/h2-5,12H,6-11,13,17H2,1H3. The summed E-state index contributed by atoms with van der Waals surface area (Å²) in [7, 11) is 1.66. The molecule has 1 aromatic carbocycles. The quantitative estimate of drug-likeness (QED) is 0.678. The van der Waals surface area contributed by atoms with Crippen molar-refractivity contribution in [1.29, 1.82) is 0 Å². The minimum Gasteiger partial charge on any atom is -0.382 e. The molecule has 0 saturated heterocycles. The lowest BCUT2D eigenvalue weighted by molar-refractivity contribution is 0.0232. The molecule has 0 radical (unpaired) electrons. The van der Waals surface area contributed by atoms with Gasteiger partial charge in [0.2, 0.25) is 0 Å². The molecule has 0 atom stereocenters. The highest BCUT2D eigenvalue weighted by atomic mass is 16.5. The molecular weight excluding hydrogens is 268 g/mol. The molecule has 5 heteroatoms. The van der Waals surface area contributed by atoms with Gasteiger partial charge in [0, 0.05) is 31.9 Å². The van der Waals surface area contributed by atoms with Crippen molar-refractivity contribution in [3.63, 3.8) is 0 Å². The van der Waals surface area contributed by atoms with Gasteiger partial charge in [-0.25, -0.2) is 0 Å². The molecule has 0 fully saturated rings. The molecule has 21 heavy (non-hydrogen) atoms. The zero-order valence-corrected chi connectivity index (χ0v) is 12.6. The molecule has 0 aliphatic rings. The molecular formula is C16H24N2O3. The maximum Gasteiger partial charge on any atom is 0.0701 e. The van der Waals surface area contributed by atoms with Gasteiger partial charge in [0.05, 0.1) is 33.0 Å². The van der Waals surface area contributed by atoms with Crippen LogP contribution in [0.5, 0.6) is 0 Å². The minimum absolute atomic E-state index is 0.566. The van der Waals surface area contributed by atoms with E-state index < -0.39 is 0 Å². The Bertz CT molecular complexity index is 539. The van der Waals surface area contributed by atoms with Crippen LogP contribution in [0.25, 0.3) is 10.9 Å². The van der Waals surface area contributed by atoms with Gasteiger partial charge in [-0.3, -0.25) is 0 Å². The fourth-order valence-electron chi connectivity index (χ4n) is 2.18. The smallest absolute Gasteiger partial charge is 0.0701 e. The van der Waals surface area contributed by atoms with E-state index in [9.17, 15) is 0 Å². The highest BCUT2D eigenvalue weighted by Gasteiger charge is 2.02. The van der Waals surface area contributed by atoms with Gasteiger partial charge in [-0.15, -0.1) is 0 Å². The largest absolute Gasteiger partial charge is 0.382 e. The van der Waals surface area contributed by atoms with Crippen molar-refractivity contribution in [3.05, 3.63) is 36.0 Å². The topological polar surface area (TPSA) is 58.6 Å². The zero-order valence-electron chi connectivity index (χ0n) is 12.6. The predicted octanol–water partition coefficient (Wildman–Crippen LogP) is 1.78. The van der Waals surface area contributed by atoms with E-state index in [-0.39, 0.29) is 0 Å². The molecule has 0 aliphatic carbocycles. The van der Waals surface area contributed by atoms with Gasteiger partial charge in [-0.2, -0.15) is 0 Å². The van der Waals surface area contributed by atoms with E-state index in [2.05, 4.69) is 35.0 Å². The van der Waals surface area contributed by atoms with E-state index in [0.717, 1.165) is 12.1 Å². The first-order chi connectivity index (χ1) is 10.3. The number of hydrogen-bond donors (Lipinski definition) is 1. The van der Waals surface area contributed by atoms with Crippen LogP contribution in [0.2, 0.25) is 0 Å². The Morgan fingerprint density at radius 1 is 1.00 bits per heavy atom. The first kappa shape index (κ1) is 16.0. The van der Waals surface area contributed by atoms with Crippen LogP contribution in [0.1, 0.15) is 5.56 Å². The molecule has 5 nitrogen and oxygen atoms in total. The minimum atomic E-state index is 0.566. The number of fused-ring (bicyclic) bond motifs is 1. The highest BCUT2D eigenvalue weighted by molar-refractivity contribution is 5.80. The summed E-state index contributed by atoms with van der Waals surface area (Å²) in [6.45, 7) is 4.52. The summed E-state index contributed by atoms with van der Waals surface area (Å²) in [5.74, 6) is 0. The summed E-state index contributed by atoms with van der Waals surface area (Å²) >= 11 is 0. The molecule has 2 aromatic rings. The number of methoxy groups -OCH3 is 1. The van der Waals surface area contributed by atoms with Crippen molar-refractivity contribution in [1.82, 2.24) is 4.57 Å². The Hall–Kier alpha value is -1.40. The Labute approximate surface area is 125 Å². The third kappa shape index (κ3) is 4.82. The monoisotopic (exact) mass is 292 g/mol. The van der Waals surface area contributed by atoms with E-state index in [0.29, 0.717) is 39.6 Å². The maximum atomic E-state index is 5.69. The zero-order chi connectivity index (χ0) is 14.9. The number of ether oxygens (including phenoxy) is 3. The third-order valence-electron chi connectivity index (χ3n) is 3.35. The van der Waals surface area contributed by atoms with Crippen LogP contribution in [0.3, 0.4) is 0 Å². The van der Waals surface area contributed by atoms with Crippen molar-refractivity contribution in [2.45, 2.75) is 13.1 Å². The molecule has 0 unspecified atom stereocenters. The first-order valence-corrected chi connectivity index (χ1v) is 7.27. The average Bonchev–Trinajstić information content (AvgIpc) is 2.92. The second kappa shape index (κ2) is 8.79. The van der Waals surface area contributed by atoms with Crippen LogP contribution in [0.4, 0.5) is 0 Å². The summed E-state index contributed by atoms with van der Waals surface area (Å²) in [4.78, 5) is 0. The normalized spacial score (nSPS) is 11.3.